The van der Waals surface area contributed by atoms with Gasteiger partial charge in [-0.25, -0.2) is 0 Å². The lowest BCUT2D eigenvalue weighted by Crippen LogP contribution is -2.39. The monoisotopic (exact) mass is 316 g/mol. The molecule has 0 bridgehead atoms. The third-order valence-corrected chi connectivity index (χ3v) is 3.88. The van der Waals surface area contributed by atoms with Gasteiger partial charge in [0.2, 0.25) is 5.91 Å². The molecule has 0 saturated heterocycles. The zero-order chi connectivity index (χ0) is 12.4. The Balaban J connectivity index is 2.14. The fraction of sp³-hybridized carbons (Fsp3) is 0.364. The lowest BCUT2D eigenvalue weighted by molar-refractivity contribution is -0.117. The van der Waals surface area contributed by atoms with Crippen LogP contribution in [0.2, 0.25) is 0 Å². The van der Waals surface area contributed by atoms with Gasteiger partial charge in [0.05, 0.1) is 11.4 Å². The van der Waals surface area contributed by atoms with Crippen LogP contribution in [0.1, 0.15) is 6.42 Å². The second-order valence-electron chi connectivity index (χ2n) is 3.94. The number of rotatable bonds is 3. The maximum absolute atomic E-state index is 11.8. The molecule has 2 atom stereocenters. The molecule has 0 saturated carbocycles. The van der Waals surface area contributed by atoms with E-state index < -0.39 is 10.8 Å². The molecule has 1 amide bonds. The van der Waals surface area contributed by atoms with Crippen LogP contribution in [-0.2, 0) is 15.6 Å². The van der Waals surface area contributed by atoms with Crippen molar-refractivity contribution >= 4 is 44.0 Å². The zero-order valence-corrected chi connectivity index (χ0v) is 11.7. The summed E-state index contributed by atoms with van der Waals surface area (Å²) in [5, 5.41) is 6.01. The number of hydrogen-bond acceptors (Lipinski definition) is 3. The van der Waals surface area contributed by atoms with Crippen LogP contribution in [0, 0.1) is 0 Å². The summed E-state index contributed by atoms with van der Waals surface area (Å²) in [6, 6.07) is 5.34. The van der Waals surface area contributed by atoms with E-state index in [-0.39, 0.29) is 11.9 Å². The van der Waals surface area contributed by atoms with Crippen LogP contribution in [-0.4, -0.2) is 28.2 Å². The van der Waals surface area contributed by atoms with Gasteiger partial charge in [-0.2, -0.15) is 0 Å². The number of carbonyl (C=O) groups excluding carboxylic acids is 1. The Morgan fingerprint density at radius 1 is 1.41 bits per heavy atom. The summed E-state index contributed by atoms with van der Waals surface area (Å²) >= 11 is 3.39. The van der Waals surface area contributed by atoms with E-state index in [9.17, 15) is 9.00 Å². The number of anilines is 2. The van der Waals surface area contributed by atoms with Gasteiger partial charge in [0.1, 0.15) is 6.04 Å². The summed E-state index contributed by atoms with van der Waals surface area (Å²) in [5.41, 5.74) is 1.68. The first-order chi connectivity index (χ1) is 8.06. The highest BCUT2D eigenvalue weighted by atomic mass is 79.9. The highest BCUT2D eigenvalue weighted by molar-refractivity contribution is 9.10. The van der Waals surface area contributed by atoms with Crippen molar-refractivity contribution in [2.24, 2.45) is 0 Å². The predicted molar refractivity (Wildman–Crippen MR) is 73.7 cm³/mol. The molecular formula is C11H13BrN2O2S. The number of halogens is 1. The molecule has 2 N–H and O–H groups in total. The summed E-state index contributed by atoms with van der Waals surface area (Å²) < 4.78 is 12.0. The quantitative estimate of drug-likeness (QED) is 0.896. The Labute approximate surface area is 111 Å². The molecule has 0 radical (unpaired) electrons. The van der Waals surface area contributed by atoms with Crippen LogP contribution < -0.4 is 10.6 Å². The molecule has 1 aromatic carbocycles. The van der Waals surface area contributed by atoms with Crippen LogP contribution in [0.5, 0.6) is 0 Å². The first kappa shape index (κ1) is 12.6. The number of carbonyl (C=O) groups is 1. The fourth-order valence-electron chi connectivity index (χ4n) is 1.71. The number of benzene rings is 1. The molecule has 0 aliphatic carbocycles. The number of amides is 1. The Kier molecular flexibility index (Phi) is 3.83. The van der Waals surface area contributed by atoms with Crippen molar-refractivity contribution in [3.63, 3.8) is 0 Å². The summed E-state index contributed by atoms with van der Waals surface area (Å²) in [4.78, 5) is 11.8. The second-order valence-corrected chi connectivity index (χ2v) is 6.41. The van der Waals surface area contributed by atoms with Crippen LogP contribution in [0.25, 0.3) is 0 Å². The molecule has 1 aromatic rings. The molecule has 6 heteroatoms. The predicted octanol–water partition coefficient (Wildman–Crippen LogP) is 1.95. The van der Waals surface area contributed by atoms with Crippen LogP contribution in [0.15, 0.2) is 22.7 Å². The second kappa shape index (κ2) is 5.18. The Morgan fingerprint density at radius 2 is 2.18 bits per heavy atom. The van der Waals surface area contributed by atoms with Gasteiger partial charge in [0.25, 0.3) is 0 Å². The topological polar surface area (TPSA) is 58.2 Å². The van der Waals surface area contributed by atoms with Crippen LogP contribution >= 0.6 is 15.9 Å². The van der Waals surface area contributed by atoms with Gasteiger partial charge in [-0.05, 0) is 24.6 Å². The Morgan fingerprint density at radius 3 is 2.88 bits per heavy atom. The Hall–Kier alpha value is -0.880. The molecule has 92 valence electrons. The van der Waals surface area contributed by atoms with Crippen molar-refractivity contribution < 1.29 is 9.00 Å². The standard InChI is InChI=1S/C11H13BrN2O2S/c1-17(16)5-4-9-11(15)14-8-3-2-7(12)6-10(8)13-9/h2-3,6,9,13H,4-5H2,1H3,(H,14,15). The van der Waals surface area contributed by atoms with Crippen molar-refractivity contribution in [2.45, 2.75) is 12.5 Å². The fourth-order valence-corrected chi connectivity index (χ4v) is 2.63. The minimum Gasteiger partial charge on any atom is -0.372 e. The van der Waals surface area contributed by atoms with Crippen molar-refractivity contribution in [1.29, 1.82) is 0 Å². The highest BCUT2D eigenvalue weighted by Gasteiger charge is 2.25. The first-order valence-corrected chi connectivity index (χ1v) is 7.75. The van der Waals surface area contributed by atoms with Crippen LogP contribution in [0.3, 0.4) is 0 Å². The molecular weight excluding hydrogens is 304 g/mol. The van der Waals surface area contributed by atoms with Gasteiger partial charge in [-0.1, -0.05) is 15.9 Å². The summed E-state index contributed by atoms with van der Waals surface area (Å²) in [7, 11) is -0.874. The minimum atomic E-state index is -0.874. The molecule has 2 unspecified atom stereocenters. The van der Waals surface area contributed by atoms with E-state index in [1.54, 1.807) is 6.26 Å². The van der Waals surface area contributed by atoms with Gasteiger partial charge in [-0.3, -0.25) is 9.00 Å². The van der Waals surface area contributed by atoms with E-state index in [1.807, 2.05) is 18.2 Å². The third kappa shape index (κ3) is 3.07. The lowest BCUT2D eigenvalue weighted by Gasteiger charge is -2.26. The smallest absolute Gasteiger partial charge is 0.246 e. The van der Waals surface area contributed by atoms with Crippen molar-refractivity contribution in [3.05, 3.63) is 22.7 Å². The van der Waals surface area contributed by atoms with E-state index >= 15 is 0 Å². The summed E-state index contributed by atoms with van der Waals surface area (Å²) in [6.07, 6.45) is 2.21. The largest absolute Gasteiger partial charge is 0.372 e. The average molecular weight is 317 g/mol. The van der Waals surface area contributed by atoms with Crippen molar-refractivity contribution in [2.75, 3.05) is 22.6 Å². The summed E-state index contributed by atoms with van der Waals surface area (Å²) in [6.45, 7) is 0. The number of nitrogens with one attached hydrogen (secondary N) is 2. The molecule has 4 nitrogen and oxygen atoms in total. The molecule has 1 aliphatic heterocycles. The van der Waals surface area contributed by atoms with E-state index in [4.69, 9.17) is 0 Å². The minimum absolute atomic E-state index is 0.0646. The van der Waals surface area contributed by atoms with E-state index in [2.05, 4.69) is 26.6 Å². The first-order valence-electron chi connectivity index (χ1n) is 5.23. The van der Waals surface area contributed by atoms with E-state index in [1.165, 1.54) is 0 Å². The normalized spacial score (nSPS) is 20.1. The average Bonchev–Trinajstić information content (AvgIpc) is 2.26. The van der Waals surface area contributed by atoms with E-state index in [0.29, 0.717) is 12.2 Å². The molecule has 0 fully saturated rings. The van der Waals surface area contributed by atoms with Crippen molar-refractivity contribution in [1.82, 2.24) is 0 Å². The van der Waals surface area contributed by atoms with Gasteiger partial charge in [0, 0.05) is 27.3 Å². The summed E-state index contributed by atoms with van der Waals surface area (Å²) in [5.74, 6) is 0.458. The molecule has 0 spiro atoms. The number of hydrogen-bond donors (Lipinski definition) is 2. The van der Waals surface area contributed by atoms with Gasteiger partial charge in [0.15, 0.2) is 0 Å². The van der Waals surface area contributed by atoms with Gasteiger partial charge in [-0.15, -0.1) is 0 Å². The van der Waals surface area contributed by atoms with Gasteiger partial charge < -0.3 is 10.6 Å². The third-order valence-electron chi connectivity index (χ3n) is 2.58. The lowest BCUT2D eigenvalue weighted by atomic mass is 10.1. The highest BCUT2D eigenvalue weighted by Crippen LogP contribution is 2.30. The molecule has 17 heavy (non-hydrogen) atoms. The maximum Gasteiger partial charge on any atom is 0.246 e. The zero-order valence-electron chi connectivity index (χ0n) is 9.33. The SMILES string of the molecule is CS(=O)CCC1Nc2cc(Br)ccc2NC1=O. The molecule has 1 aliphatic rings. The van der Waals surface area contributed by atoms with Crippen molar-refractivity contribution in [3.8, 4) is 0 Å². The van der Waals surface area contributed by atoms with Gasteiger partial charge >= 0.3 is 0 Å². The number of fused-ring (bicyclic) bond motifs is 1. The van der Waals surface area contributed by atoms with Crippen LogP contribution in [0.4, 0.5) is 11.4 Å². The molecule has 0 aromatic heterocycles. The van der Waals surface area contributed by atoms with E-state index in [0.717, 1.165) is 15.8 Å². The Bertz CT molecular complexity index is 479. The molecule has 1 heterocycles. The molecule has 2 rings (SSSR count). The maximum atomic E-state index is 11.8.